The second kappa shape index (κ2) is 8.55. The van der Waals surface area contributed by atoms with Gasteiger partial charge in [0.15, 0.2) is 0 Å². The molecule has 0 aliphatic carbocycles. The molecule has 0 amide bonds. The molecule has 0 aromatic heterocycles. The van der Waals surface area contributed by atoms with Crippen LogP contribution in [-0.4, -0.2) is 34.3 Å². The Labute approximate surface area is 115 Å². The molecule has 0 unspecified atom stereocenters. The molecular formula is C12H29LiN2O. The number of hydroxylamine groups is 4. The molecule has 0 saturated carbocycles. The predicted octanol–water partition coefficient (Wildman–Crippen LogP) is 0.187. The molecule has 0 aromatic rings. The summed E-state index contributed by atoms with van der Waals surface area (Å²) in [5, 5.41) is 4.08. The van der Waals surface area contributed by atoms with Crippen LogP contribution in [0.3, 0.4) is 0 Å². The van der Waals surface area contributed by atoms with Gasteiger partial charge >= 0.3 is 18.9 Å². The normalized spacial score (nSPS) is 12.4. The van der Waals surface area contributed by atoms with Crippen molar-refractivity contribution < 1.29 is 25.2 Å². The van der Waals surface area contributed by atoms with E-state index >= 15 is 0 Å². The fourth-order valence-electron chi connectivity index (χ4n) is 1.68. The van der Waals surface area contributed by atoms with Crippen molar-refractivity contribution in [2.45, 2.75) is 79.6 Å². The van der Waals surface area contributed by atoms with Crippen molar-refractivity contribution in [3.8, 4) is 0 Å². The fourth-order valence-corrected chi connectivity index (χ4v) is 1.68. The van der Waals surface area contributed by atoms with Crippen molar-refractivity contribution in [1.82, 2.24) is 10.1 Å². The van der Waals surface area contributed by atoms with E-state index in [4.69, 9.17) is 4.94 Å². The maximum Gasteiger partial charge on any atom is 1.00 e. The Balaban J connectivity index is -0.000000980. The summed E-state index contributed by atoms with van der Waals surface area (Å²) < 4.78 is 0. The Morgan fingerprint density at radius 3 is 0.938 bits per heavy atom. The Bertz CT molecular complexity index is 144. The molecule has 0 aliphatic heterocycles. The van der Waals surface area contributed by atoms with Crippen LogP contribution in [0.25, 0.3) is 0 Å². The molecule has 0 fully saturated rings. The third kappa shape index (κ3) is 6.27. The van der Waals surface area contributed by atoms with Crippen LogP contribution < -0.4 is 18.9 Å². The van der Waals surface area contributed by atoms with Crippen molar-refractivity contribution in [2.24, 2.45) is 0 Å². The largest absolute Gasteiger partial charge is 1.00 e. The second-order valence-corrected chi connectivity index (χ2v) is 5.18. The molecule has 0 aromatic carbocycles. The summed E-state index contributed by atoms with van der Waals surface area (Å²) in [4.78, 5) is 5.96. The first-order chi connectivity index (χ1) is 6.77. The van der Waals surface area contributed by atoms with Gasteiger partial charge in [-0.3, -0.25) is 0 Å². The third-order valence-electron chi connectivity index (χ3n) is 2.22. The van der Waals surface area contributed by atoms with E-state index in [1.54, 1.807) is 0 Å². The maximum absolute atomic E-state index is 5.96. The van der Waals surface area contributed by atoms with Crippen LogP contribution in [0.4, 0.5) is 0 Å². The molecule has 4 heteroatoms. The molecule has 3 nitrogen and oxygen atoms in total. The first-order valence-corrected chi connectivity index (χ1v) is 6.02. The molecule has 0 N–H and O–H groups in total. The van der Waals surface area contributed by atoms with Crippen LogP contribution in [0.1, 0.15) is 56.8 Å². The Hall–Kier alpha value is 0.477. The SMILES string of the molecule is CC(C)N(ON(C(C)C)C(C)C)C(C)C.[H-].[Li+]. The maximum atomic E-state index is 5.96. The van der Waals surface area contributed by atoms with Crippen LogP contribution in [-0.2, 0) is 4.94 Å². The van der Waals surface area contributed by atoms with Crippen LogP contribution in [0.5, 0.6) is 0 Å². The second-order valence-electron chi connectivity index (χ2n) is 5.18. The molecule has 0 heterocycles. The first-order valence-electron chi connectivity index (χ1n) is 6.02. The minimum atomic E-state index is 0. The Morgan fingerprint density at radius 2 is 0.812 bits per heavy atom. The average Bonchev–Trinajstić information content (AvgIpc) is 2.01. The zero-order valence-corrected chi connectivity index (χ0v) is 12.6. The van der Waals surface area contributed by atoms with Gasteiger partial charge in [0.25, 0.3) is 0 Å². The summed E-state index contributed by atoms with van der Waals surface area (Å²) in [6, 6.07) is 1.57. The standard InChI is InChI=1S/C12H28N2O.Li.H/c1-9(2)13(10(3)4)15-14(11(5)6)12(7)8;;/h9-12H,1-8H3;;/q;+1;-1. The zero-order chi connectivity index (χ0) is 12.2. The minimum absolute atomic E-state index is 0. The first kappa shape index (κ1) is 18.8. The van der Waals surface area contributed by atoms with Crippen LogP contribution >= 0.6 is 0 Å². The van der Waals surface area contributed by atoms with Gasteiger partial charge in [-0.2, -0.15) is 10.1 Å². The minimum Gasteiger partial charge on any atom is -1.00 e. The number of hydrogen-bond donors (Lipinski definition) is 0. The molecule has 0 rings (SSSR count). The number of rotatable bonds is 6. The topological polar surface area (TPSA) is 15.7 Å². The molecule has 94 valence electrons. The van der Waals surface area contributed by atoms with Gasteiger partial charge in [0.05, 0.1) is 0 Å². The van der Waals surface area contributed by atoms with Gasteiger partial charge in [-0.15, -0.1) is 0 Å². The molecular weight excluding hydrogens is 195 g/mol. The predicted molar refractivity (Wildman–Crippen MR) is 66.4 cm³/mol. The molecule has 0 bridgehead atoms. The van der Waals surface area contributed by atoms with Gasteiger partial charge in [-0.1, -0.05) is 0 Å². The van der Waals surface area contributed by atoms with Crippen molar-refractivity contribution in [3.63, 3.8) is 0 Å². The van der Waals surface area contributed by atoms with Crippen molar-refractivity contribution in [3.05, 3.63) is 0 Å². The van der Waals surface area contributed by atoms with Gasteiger partial charge in [0, 0.05) is 24.2 Å². The van der Waals surface area contributed by atoms with Crippen LogP contribution in [0, 0.1) is 0 Å². The number of hydrogen-bond acceptors (Lipinski definition) is 3. The smallest absolute Gasteiger partial charge is 1.00 e. The van der Waals surface area contributed by atoms with Crippen LogP contribution in [0.15, 0.2) is 0 Å². The van der Waals surface area contributed by atoms with Gasteiger partial charge < -0.3 is 1.43 Å². The Morgan fingerprint density at radius 1 is 0.625 bits per heavy atom. The molecule has 16 heavy (non-hydrogen) atoms. The van der Waals surface area contributed by atoms with E-state index in [2.05, 4.69) is 55.4 Å². The summed E-state index contributed by atoms with van der Waals surface area (Å²) in [7, 11) is 0. The Kier molecular flexibility index (Phi) is 10.1. The van der Waals surface area contributed by atoms with E-state index in [1.807, 2.05) is 10.1 Å². The van der Waals surface area contributed by atoms with E-state index in [9.17, 15) is 0 Å². The summed E-state index contributed by atoms with van der Waals surface area (Å²) >= 11 is 0. The molecule has 0 aliphatic rings. The van der Waals surface area contributed by atoms with Gasteiger partial charge in [-0.25, -0.2) is 4.94 Å². The number of nitrogens with zero attached hydrogens (tertiary/aromatic N) is 2. The quantitative estimate of drug-likeness (QED) is 0.473. The summed E-state index contributed by atoms with van der Waals surface area (Å²) in [6.45, 7) is 17.2. The van der Waals surface area contributed by atoms with Gasteiger partial charge in [0.2, 0.25) is 0 Å². The summed E-state index contributed by atoms with van der Waals surface area (Å²) in [5.74, 6) is 0. The van der Waals surface area contributed by atoms with Gasteiger partial charge in [0.1, 0.15) is 0 Å². The average molecular weight is 224 g/mol. The van der Waals surface area contributed by atoms with E-state index < -0.39 is 0 Å². The van der Waals surface area contributed by atoms with Crippen molar-refractivity contribution in [1.29, 1.82) is 0 Å². The molecule has 0 radical (unpaired) electrons. The molecule has 0 atom stereocenters. The van der Waals surface area contributed by atoms with Gasteiger partial charge in [-0.05, 0) is 55.4 Å². The fraction of sp³-hybridized carbons (Fsp3) is 1.00. The van der Waals surface area contributed by atoms with E-state index in [0.29, 0.717) is 24.2 Å². The van der Waals surface area contributed by atoms with E-state index in [1.165, 1.54) is 0 Å². The molecule has 0 spiro atoms. The van der Waals surface area contributed by atoms with Crippen LogP contribution in [0.2, 0.25) is 0 Å². The summed E-state index contributed by atoms with van der Waals surface area (Å²) in [5.41, 5.74) is 0. The van der Waals surface area contributed by atoms with E-state index in [0.717, 1.165) is 0 Å². The van der Waals surface area contributed by atoms with Crippen molar-refractivity contribution in [2.75, 3.05) is 0 Å². The third-order valence-corrected chi connectivity index (χ3v) is 2.22. The zero-order valence-electron chi connectivity index (χ0n) is 13.6. The molecule has 0 saturated heterocycles. The van der Waals surface area contributed by atoms with E-state index in [-0.39, 0.29) is 20.3 Å². The summed E-state index contributed by atoms with van der Waals surface area (Å²) in [6.07, 6.45) is 0. The monoisotopic (exact) mass is 224 g/mol. The van der Waals surface area contributed by atoms with Crippen molar-refractivity contribution >= 4 is 0 Å².